The van der Waals surface area contributed by atoms with Crippen LogP contribution >= 0.6 is 0 Å². The van der Waals surface area contributed by atoms with Crippen molar-refractivity contribution in [3.8, 4) is 6.01 Å². The highest BCUT2D eigenvalue weighted by atomic mass is 19.1. The van der Waals surface area contributed by atoms with Gasteiger partial charge in [0.2, 0.25) is 0 Å². The first-order chi connectivity index (χ1) is 16.5. The first kappa shape index (κ1) is 22.6. The number of benzene rings is 3. The van der Waals surface area contributed by atoms with Gasteiger partial charge in [0, 0.05) is 19.6 Å². The first-order valence-corrected chi connectivity index (χ1v) is 12.2. The molecule has 5 heteroatoms. The maximum atomic E-state index is 13.4. The fourth-order valence-corrected chi connectivity index (χ4v) is 4.71. The van der Waals surface area contributed by atoms with E-state index in [1.807, 2.05) is 30.3 Å². The van der Waals surface area contributed by atoms with Crippen LogP contribution in [0.1, 0.15) is 35.1 Å². The predicted octanol–water partition coefficient (Wildman–Crippen LogP) is 5.93. The number of imidazole rings is 1. The van der Waals surface area contributed by atoms with Crippen molar-refractivity contribution in [3.63, 3.8) is 0 Å². The number of nitrogens with zero attached hydrogens (tertiary/aromatic N) is 3. The highest BCUT2D eigenvalue weighted by molar-refractivity contribution is 5.76. The van der Waals surface area contributed by atoms with Gasteiger partial charge in [0.25, 0.3) is 6.01 Å². The summed E-state index contributed by atoms with van der Waals surface area (Å²) in [5, 5.41) is 0. The molecule has 0 spiro atoms. The van der Waals surface area contributed by atoms with Gasteiger partial charge < -0.3 is 9.64 Å². The summed E-state index contributed by atoms with van der Waals surface area (Å²) in [5.74, 6) is -0.222. The lowest BCUT2D eigenvalue weighted by atomic mass is 10.0. The molecule has 34 heavy (non-hydrogen) atoms. The van der Waals surface area contributed by atoms with E-state index in [1.165, 1.54) is 28.8 Å². The summed E-state index contributed by atoms with van der Waals surface area (Å²) < 4.78 is 21.9. The Morgan fingerprint density at radius 3 is 2.41 bits per heavy atom. The van der Waals surface area contributed by atoms with Crippen LogP contribution < -0.4 is 4.74 Å². The average Bonchev–Trinajstić information content (AvgIpc) is 3.19. The topological polar surface area (TPSA) is 30.3 Å². The summed E-state index contributed by atoms with van der Waals surface area (Å²) in [5.41, 5.74) is 7.12. The molecule has 176 valence electrons. The van der Waals surface area contributed by atoms with Gasteiger partial charge in [-0.25, -0.2) is 4.39 Å². The molecule has 0 bridgehead atoms. The third kappa shape index (κ3) is 5.15. The van der Waals surface area contributed by atoms with Crippen LogP contribution in [0.15, 0.2) is 66.7 Å². The van der Waals surface area contributed by atoms with Crippen LogP contribution in [-0.2, 0) is 13.0 Å². The van der Waals surface area contributed by atoms with Crippen molar-refractivity contribution < 1.29 is 9.13 Å². The molecule has 4 nitrogen and oxygen atoms in total. The minimum absolute atomic E-state index is 0.154. The monoisotopic (exact) mass is 457 g/mol. The van der Waals surface area contributed by atoms with Crippen molar-refractivity contribution in [1.29, 1.82) is 0 Å². The maximum Gasteiger partial charge on any atom is 0.297 e. The standard InChI is InChI=1S/C29H32FN3O/c1-21-7-8-23(19-22(21)2)13-16-32-17-14-26(15-18-32)34-29-31-27-5-3-4-6-28(27)33(29)20-24-9-11-25(30)12-10-24/h3-12,19,26H,13-18,20H2,1-2H3. The Labute approximate surface area is 201 Å². The molecule has 0 saturated carbocycles. The van der Waals surface area contributed by atoms with Crippen molar-refractivity contribution in [2.24, 2.45) is 0 Å². The summed E-state index contributed by atoms with van der Waals surface area (Å²) in [4.78, 5) is 7.32. The fourth-order valence-electron chi connectivity index (χ4n) is 4.71. The second-order valence-electron chi connectivity index (χ2n) is 9.42. The molecule has 0 radical (unpaired) electrons. The van der Waals surface area contributed by atoms with Crippen LogP contribution in [-0.4, -0.2) is 40.2 Å². The summed E-state index contributed by atoms with van der Waals surface area (Å²) in [6.07, 6.45) is 3.22. The number of hydrogen-bond acceptors (Lipinski definition) is 3. The lowest BCUT2D eigenvalue weighted by Crippen LogP contribution is -2.39. The molecule has 1 aliphatic rings. The van der Waals surface area contributed by atoms with E-state index < -0.39 is 0 Å². The summed E-state index contributed by atoms with van der Waals surface area (Å²) in [7, 11) is 0. The molecule has 1 aromatic heterocycles. The second-order valence-corrected chi connectivity index (χ2v) is 9.42. The molecule has 0 atom stereocenters. The van der Waals surface area contributed by atoms with E-state index in [-0.39, 0.29) is 11.9 Å². The first-order valence-electron chi connectivity index (χ1n) is 12.2. The number of likely N-dealkylation sites (tertiary alicyclic amines) is 1. The Morgan fingerprint density at radius 2 is 1.65 bits per heavy atom. The number of aromatic nitrogens is 2. The van der Waals surface area contributed by atoms with Gasteiger partial charge in [-0.2, -0.15) is 4.98 Å². The van der Waals surface area contributed by atoms with E-state index in [4.69, 9.17) is 9.72 Å². The van der Waals surface area contributed by atoms with E-state index in [0.29, 0.717) is 12.6 Å². The number of ether oxygens (including phenoxy) is 1. The van der Waals surface area contributed by atoms with Crippen molar-refractivity contribution in [2.45, 2.75) is 45.8 Å². The van der Waals surface area contributed by atoms with E-state index in [9.17, 15) is 4.39 Å². The second kappa shape index (κ2) is 9.98. The number of halogens is 1. The Bertz CT molecular complexity index is 1260. The van der Waals surface area contributed by atoms with Crippen LogP contribution in [0.5, 0.6) is 6.01 Å². The highest BCUT2D eigenvalue weighted by Crippen LogP contribution is 2.26. The number of rotatable bonds is 7. The lowest BCUT2D eigenvalue weighted by molar-refractivity contribution is 0.0908. The molecule has 0 N–H and O–H groups in total. The third-order valence-corrected chi connectivity index (χ3v) is 6.97. The van der Waals surface area contributed by atoms with Crippen molar-refractivity contribution in [2.75, 3.05) is 19.6 Å². The van der Waals surface area contributed by atoms with E-state index >= 15 is 0 Å². The SMILES string of the molecule is Cc1ccc(CCN2CCC(Oc3nc4ccccc4n3Cc3ccc(F)cc3)CC2)cc1C. The van der Waals surface area contributed by atoms with Gasteiger partial charge in [-0.1, -0.05) is 42.5 Å². The minimum Gasteiger partial charge on any atom is -0.461 e. The third-order valence-electron chi connectivity index (χ3n) is 6.97. The van der Waals surface area contributed by atoms with Gasteiger partial charge in [0.05, 0.1) is 17.6 Å². The predicted molar refractivity (Wildman–Crippen MR) is 135 cm³/mol. The fraction of sp³-hybridized carbons (Fsp3) is 0.345. The summed E-state index contributed by atoms with van der Waals surface area (Å²) in [6.45, 7) is 8.10. The van der Waals surface area contributed by atoms with Crippen LogP contribution in [0.25, 0.3) is 11.0 Å². The Kier molecular flexibility index (Phi) is 6.63. The van der Waals surface area contributed by atoms with Crippen molar-refractivity contribution in [1.82, 2.24) is 14.5 Å². The molecule has 2 heterocycles. The van der Waals surface area contributed by atoms with Gasteiger partial charge in [-0.15, -0.1) is 0 Å². The van der Waals surface area contributed by atoms with Crippen LogP contribution in [0.3, 0.4) is 0 Å². The average molecular weight is 458 g/mol. The molecule has 1 fully saturated rings. The van der Waals surface area contributed by atoms with Crippen LogP contribution in [0, 0.1) is 19.7 Å². The van der Waals surface area contributed by atoms with E-state index in [0.717, 1.165) is 55.5 Å². The quantitative estimate of drug-likeness (QED) is 0.345. The molecule has 5 rings (SSSR count). The normalized spacial score (nSPS) is 15.1. The molecule has 4 aromatic rings. The molecule has 1 aliphatic heterocycles. The summed E-state index contributed by atoms with van der Waals surface area (Å²) in [6, 6.07) is 22.2. The Balaban J connectivity index is 1.22. The van der Waals surface area contributed by atoms with Crippen LogP contribution in [0.2, 0.25) is 0 Å². The van der Waals surface area contributed by atoms with E-state index in [1.54, 1.807) is 0 Å². The van der Waals surface area contributed by atoms with E-state index in [2.05, 4.69) is 47.6 Å². The van der Waals surface area contributed by atoms with Gasteiger partial charge in [0.1, 0.15) is 11.9 Å². The van der Waals surface area contributed by atoms with Gasteiger partial charge in [0.15, 0.2) is 0 Å². The molecule has 0 amide bonds. The molecular formula is C29H32FN3O. The Morgan fingerprint density at radius 1 is 0.912 bits per heavy atom. The number of fused-ring (bicyclic) bond motifs is 1. The molecule has 3 aromatic carbocycles. The van der Waals surface area contributed by atoms with Crippen molar-refractivity contribution in [3.05, 3.63) is 94.8 Å². The smallest absolute Gasteiger partial charge is 0.297 e. The number of piperidine rings is 1. The molecular weight excluding hydrogens is 425 g/mol. The Hall–Kier alpha value is -3.18. The van der Waals surface area contributed by atoms with Gasteiger partial charge in [-0.05, 0) is 79.6 Å². The molecule has 0 unspecified atom stereocenters. The number of hydrogen-bond donors (Lipinski definition) is 0. The van der Waals surface area contributed by atoms with Crippen molar-refractivity contribution >= 4 is 11.0 Å². The number of para-hydroxylation sites is 2. The zero-order valence-corrected chi connectivity index (χ0v) is 20.0. The van der Waals surface area contributed by atoms with Crippen LogP contribution in [0.4, 0.5) is 4.39 Å². The maximum absolute atomic E-state index is 13.4. The van der Waals surface area contributed by atoms with Gasteiger partial charge >= 0.3 is 0 Å². The zero-order chi connectivity index (χ0) is 23.5. The zero-order valence-electron chi connectivity index (χ0n) is 20.0. The summed E-state index contributed by atoms with van der Waals surface area (Å²) >= 11 is 0. The largest absolute Gasteiger partial charge is 0.461 e. The highest BCUT2D eigenvalue weighted by Gasteiger charge is 2.23. The van der Waals surface area contributed by atoms with Gasteiger partial charge in [-0.3, -0.25) is 4.57 Å². The lowest BCUT2D eigenvalue weighted by Gasteiger charge is -2.32. The number of aryl methyl sites for hydroxylation is 2. The minimum atomic E-state index is -0.222. The molecule has 0 aliphatic carbocycles. The molecule has 1 saturated heterocycles.